The van der Waals surface area contributed by atoms with Gasteiger partial charge in [0.2, 0.25) is 0 Å². The van der Waals surface area contributed by atoms with E-state index in [-0.39, 0.29) is 6.54 Å². The zero-order valence-electron chi connectivity index (χ0n) is 10.1. The van der Waals surface area contributed by atoms with Gasteiger partial charge in [0.25, 0.3) is 0 Å². The van der Waals surface area contributed by atoms with Crippen LogP contribution in [0, 0.1) is 0 Å². The maximum Gasteiger partial charge on any atom is 0.191 e. The van der Waals surface area contributed by atoms with Crippen molar-refractivity contribution in [1.29, 1.82) is 0 Å². The lowest BCUT2D eigenvalue weighted by molar-refractivity contribution is 0.190. The number of thiophene rings is 1. The molecule has 1 heterocycles. The van der Waals surface area contributed by atoms with Crippen molar-refractivity contribution < 1.29 is 5.11 Å². The predicted octanol–water partition coefficient (Wildman–Crippen LogP) is 2.09. The smallest absolute Gasteiger partial charge is 0.191 e. The number of aliphatic hydroxyl groups is 1. The quantitative estimate of drug-likeness (QED) is 0.639. The summed E-state index contributed by atoms with van der Waals surface area (Å²) in [6, 6.07) is 3.57. The first-order valence-electron chi connectivity index (χ1n) is 5.56. The number of nitrogens with two attached hydrogens (primary N) is 1. The molecule has 3 N–H and O–H groups in total. The molecule has 1 aromatic rings. The van der Waals surface area contributed by atoms with Gasteiger partial charge in [-0.3, -0.25) is 4.99 Å². The molecular weight excluding hydrogens is 258 g/mol. The van der Waals surface area contributed by atoms with E-state index in [4.69, 9.17) is 17.3 Å². The van der Waals surface area contributed by atoms with E-state index >= 15 is 0 Å². The van der Waals surface area contributed by atoms with E-state index in [9.17, 15) is 5.11 Å². The fourth-order valence-electron chi connectivity index (χ4n) is 1.42. The highest BCUT2D eigenvalue weighted by Crippen LogP contribution is 2.26. The Labute approximate surface area is 111 Å². The first-order chi connectivity index (χ1) is 8.08. The van der Waals surface area contributed by atoms with Crippen molar-refractivity contribution in [1.82, 2.24) is 4.90 Å². The van der Waals surface area contributed by atoms with Gasteiger partial charge < -0.3 is 15.7 Å². The number of rotatable bonds is 5. The maximum absolute atomic E-state index is 9.88. The molecule has 0 amide bonds. The molecule has 0 saturated heterocycles. The molecule has 17 heavy (non-hydrogen) atoms. The van der Waals surface area contributed by atoms with Crippen LogP contribution < -0.4 is 5.73 Å². The van der Waals surface area contributed by atoms with Crippen LogP contribution >= 0.6 is 22.9 Å². The van der Waals surface area contributed by atoms with Crippen LogP contribution in [-0.2, 0) is 0 Å². The molecule has 0 aromatic carbocycles. The van der Waals surface area contributed by atoms with Crippen LogP contribution in [0.15, 0.2) is 17.1 Å². The van der Waals surface area contributed by atoms with Crippen molar-refractivity contribution in [3.63, 3.8) is 0 Å². The number of hydrogen-bond donors (Lipinski definition) is 2. The fourth-order valence-corrected chi connectivity index (χ4v) is 2.46. The molecule has 0 aliphatic heterocycles. The predicted molar refractivity (Wildman–Crippen MR) is 73.7 cm³/mol. The van der Waals surface area contributed by atoms with Gasteiger partial charge in [-0.1, -0.05) is 11.6 Å². The summed E-state index contributed by atoms with van der Waals surface area (Å²) >= 11 is 7.16. The Morgan fingerprint density at radius 2 is 2.18 bits per heavy atom. The Bertz CT molecular complexity index is 377. The highest BCUT2D eigenvalue weighted by atomic mass is 35.5. The first kappa shape index (κ1) is 14.3. The van der Waals surface area contributed by atoms with E-state index < -0.39 is 6.10 Å². The largest absolute Gasteiger partial charge is 0.386 e. The third-order valence-corrected chi connectivity index (χ3v) is 3.77. The lowest BCUT2D eigenvalue weighted by atomic mass is 10.3. The van der Waals surface area contributed by atoms with Gasteiger partial charge in [0, 0.05) is 18.0 Å². The maximum atomic E-state index is 9.88. The van der Waals surface area contributed by atoms with Gasteiger partial charge in [0.1, 0.15) is 6.10 Å². The van der Waals surface area contributed by atoms with Crippen LogP contribution in [0.4, 0.5) is 0 Å². The van der Waals surface area contributed by atoms with Crippen LogP contribution in [0.3, 0.4) is 0 Å². The van der Waals surface area contributed by atoms with Gasteiger partial charge in [-0.15, -0.1) is 11.3 Å². The van der Waals surface area contributed by atoms with E-state index in [1.54, 1.807) is 12.1 Å². The Balaban J connectivity index is 2.57. The Morgan fingerprint density at radius 3 is 2.65 bits per heavy atom. The number of aliphatic hydroxyl groups excluding tert-OH is 1. The molecule has 1 aromatic heterocycles. The average molecular weight is 276 g/mol. The summed E-state index contributed by atoms with van der Waals surface area (Å²) in [6.07, 6.45) is -0.637. The summed E-state index contributed by atoms with van der Waals surface area (Å²) in [7, 11) is 0. The molecule has 96 valence electrons. The van der Waals surface area contributed by atoms with Crippen molar-refractivity contribution in [3.05, 3.63) is 21.3 Å². The lowest BCUT2D eigenvalue weighted by Crippen LogP contribution is -2.37. The van der Waals surface area contributed by atoms with Crippen LogP contribution in [0.1, 0.15) is 24.8 Å². The van der Waals surface area contributed by atoms with E-state index in [1.807, 2.05) is 18.7 Å². The van der Waals surface area contributed by atoms with Crippen molar-refractivity contribution in [2.24, 2.45) is 10.7 Å². The molecule has 1 rings (SSSR count). The second-order valence-electron chi connectivity index (χ2n) is 3.53. The minimum atomic E-state index is -0.637. The summed E-state index contributed by atoms with van der Waals surface area (Å²) < 4.78 is 0.666. The minimum Gasteiger partial charge on any atom is -0.386 e. The Kier molecular flexibility index (Phi) is 5.74. The molecule has 1 unspecified atom stereocenters. The monoisotopic (exact) mass is 275 g/mol. The second-order valence-corrected chi connectivity index (χ2v) is 5.28. The standard InChI is InChI=1S/C11H18ClN3OS/c1-3-15(4-2)11(13)14-7-8(16)9-5-6-10(12)17-9/h5-6,8,16H,3-4,7H2,1-2H3,(H2,13,14). The molecule has 0 fully saturated rings. The van der Waals surface area contributed by atoms with E-state index in [0.717, 1.165) is 18.0 Å². The Hall–Kier alpha value is -0.780. The Morgan fingerprint density at radius 1 is 1.53 bits per heavy atom. The van der Waals surface area contributed by atoms with E-state index in [2.05, 4.69) is 4.99 Å². The summed E-state index contributed by atoms with van der Waals surface area (Å²) in [4.78, 5) is 6.94. The topological polar surface area (TPSA) is 61.8 Å². The first-order valence-corrected chi connectivity index (χ1v) is 6.76. The van der Waals surface area contributed by atoms with Gasteiger partial charge in [-0.2, -0.15) is 0 Å². The zero-order valence-corrected chi connectivity index (χ0v) is 11.6. The van der Waals surface area contributed by atoms with Crippen LogP contribution in [0.25, 0.3) is 0 Å². The van der Waals surface area contributed by atoms with Crippen LogP contribution in [0.5, 0.6) is 0 Å². The van der Waals surface area contributed by atoms with E-state index in [0.29, 0.717) is 10.3 Å². The molecule has 4 nitrogen and oxygen atoms in total. The molecule has 1 atom stereocenters. The van der Waals surface area contributed by atoms with Crippen molar-refractivity contribution in [2.75, 3.05) is 19.6 Å². The highest BCUT2D eigenvalue weighted by molar-refractivity contribution is 7.16. The van der Waals surface area contributed by atoms with Crippen LogP contribution in [0.2, 0.25) is 4.34 Å². The average Bonchev–Trinajstić information content (AvgIpc) is 2.74. The van der Waals surface area contributed by atoms with Gasteiger partial charge in [-0.25, -0.2) is 0 Å². The minimum absolute atomic E-state index is 0.263. The molecule has 0 aliphatic rings. The zero-order chi connectivity index (χ0) is 12.8. The number of aliphatic imine (C=N–C) groups is 1. The highest BCUT2D eigenvalue weighted by Gasteiger charge is 2.10. The van der Waals surface area contributed by atoms with Gasteiger partial charge >= 0.3 is 0 Å². The molecule has 0 aliphatic carbocycles. The third-order valence-electron chi connectivity index (χ3n) is 2.44. The number of nitrogens with zero attached hydrogens (tertiary/aromatic N) is 2. The molecule has 6 heteroatoms. The molecular formula is C11H18ClN3OS. The summed E-state index contributed by atoms with van der Waals surface area (Å²) in [5.74, 6) is 0.469. The lowest BCUT2D eigenvalue weighted by Gasteiger charge is -2.19. The molecule has 0 saturated carbocycles. The molecule has 0 bridgehead atoms. The summed E-state index contributed by atoms with van der Waals surface area (Å²) in [5, 5.41) is 9.88. The molecule has 0 radical (unpaired) electrons. The SMILES string of the molecule is CCN(CC)C(N)=NCC(O)c1ccc(Cl)s1. The van der Waals surface area contributed by atoms with Crippen molar-refractivity contribution >= 4 is 28.9 Å². The van der Waals surface area contributed by atoms with Gasteiger partial charge in [0.15, 0.2) is 5.96 Å². The van der Waals surface area contributed by atoms with Crippen molar-refractivity contribution in [3.8, 4) is 0 Å². The number of hydrogen-bond acceptors (Lipinski definition) is 3. The van der Waals surface area contributed by atoms with Crippen molar-refractivity contribution in [2.45, 2.75) is 20.0 Å². The van der Waals surface area contributed by atoms with Crippen LogP contribution in [-0.4, -0.2) is 35.6 Å². The fraction of sp³-hybridized carbons (Fsp3) is 0.545. The summed E-state index contributed by atoms with van der Waals surface area (Å²) in [5.41, 5.74) is 5.81. The summed E-state index contributed by atoms with van der Waals surface area (Å²) in [6.45, 7) is 5.92. The number of halogens is 1. The van der Waals surface area contributed by atoms with Gasteiger partial charge in [-0.05, 0) is 26.0 Å². The second kappa shape index (κ2) is 6.83. The van der Waals surface area contributed by atoms with E-state index in [1.165, 1.54) is 11.3 Å². The number of guanidine groups is 1. The van der Waals surface area contributed by atoms with Gasteiger partial charge in [0.05, 0.1) is 10.9 Å². The molecule has 0 spiro atoms. The third kappa shape index (κ3) is 4.18. The normalized spacial score (nSPS) is 13.8.